The third-order valence-corrected chi connectivity index (χ3v) is 3.85. The van der Waals surface area contributed by atoms with Gasteiger partial charge in [-0.3, -0.25) is 4.79 Å². The molecule has 1 atom stereocenters. The molecule has 3 aromatic rings. The Morgan fingerprint density at radius 1 is 0.957 bits per heavy atom. The molecule has 0 aromatic heterocycles. The van der Waals surface area contributed by atoms with E-state index in [1.54, 1.807) is 6.92 Å². The molecule has 118 valence electrons. The van der Waals surface area contributed by atoms with Crippen LogP contribution in [0.1, 0.15) is 18.5 Å². The number of amides is 1. The Hall–Kier alpha value is -2.56. The molecular formula is C18H14F3NO. The number of carbonyl (C=O) groups excluding carboxylic acids is 1. The van der Waals surface area contributed by atoms with Crippen molar-refractivity contribution in [3.8, 4) is 0 Å². The maximum atomic E-state index is 12.5. The zero-order valence-corrected chi connectivity index (χ0v) is 12.3. The molecular weight excluding hydrogens is 303 g/mol. The van der Waals surface area contributed by atoms with Gasteiger partial charge >= 0.3 is 12.1 Å². The molecule has 0 saturated carbocycles. The molecule has 0 aliphatic carbocycles. The van der Waals surface area contributed by atoms with Gasteiger partial charge in [0, 0.05) is 0 Å². The smallest absolute Gasteiger partial charge is 0.342 e. The summed E-state index contributed by atoms with van der Waals surface area (Å²) in [6, 6.07) is 16.2. The molecule has 2 nitrogen and oxygen atoms in total. The van der Waals surface area contributed by atoms with Gasteiger partial charge in [-0.1, -0.05) is 48.5 Å². The lowest BCUT2D eigenvalue weighted by Crippen LogP contribution is -2.38. The first-order valence-electron chi connectivity index (χ1n) is 7.16. The topological polar surface area (TPSA) is 29.1 Å². The fraction of sp³-hybridized carbons (Fsp3) is 0.167. The summed E-state index contributed by atoms with van der Waals surface area (Å²) in [7, 11) is 0. The average molecular weight is 317 g/mol. The number of nitrogens with one attached hydrogen (secondary N) is 1. The van der Waals surface area contributed by atoms with Crippen LogP contribution in [0.25, 0.3) is 21.5 Å². The summed E-state index contributed by atoms with van der Waals surface area (Å²) in [5, 5.41) is 5.58. The minimum absolute atomic E-state index is 0.691. The van der Waals surface area contributed by atoms with E-state index in [1.165, 1.54) is 0 Å². The Morgan fingerprint density at radius 3 is 1.91 bits per heavy atom. The van der Waals surface area contributed by atoms with Crippen LogP contribution >= 0.6 is 0 Å². The molecule has 1 amide bonds. The highest BCUT2D eigenvalue weighted by molar-refractivity contribution is 6.03. The van der Waals surface area contributed by atoms with Crippen LogP contribution in [0.4, 0.5) is 13.2 Å². The predicted molar refractivity (Wildman–Crippen MR) is 84.1 cm³/mol. The monoisotopic (exact) mass is 317 g/mol. The minimum atomic E-state index is -4.89. The summed E-state index contributed by atoms with van der Waals surface area (Å²) in [5.74, 6) is -1.93. The lowest BCUT2D eigenvalue weighted by Gasteiger charge is -2.20. The van der Waals surface area contributed by atoms with Gasteiger partial charge in [0.1, 0.15) is 0 Å². The fourth-order valence-corrected chi connectivity index (χ4v) is 2.87. The van der Waals surface area contributed by atoms with Crippen molar-refractivity contribution in [1.82, 2.24) is 5.32 Å². The van der Waals surface area contributed by atoms with E-state index in [-0.39, 0.29) is 0 Å². The lowest BCUT2D eigenvalue weighted by molar-refractivity contribution is -0.174. The van der Waals surface area contributed by atoms with Crippen molar-refractivity contribution in [2.24, 2.45) is 0 Å². The van der Waals surface area contributed by atoms with Crippen molar-refractivity contribution < 1.29 is 18.0 Å². The van der Waals surface area contributed by atoms with Crippen LogP contribution < -0.4 is 5.32 Å². The number of rotatable bonds is 2. The highest BCUT2D eigenvalue weighted by Gasteiger charge is 2.39. The van der Waals surface area contributed by atoms with Gasteiger partial charge in [0.2, 0.25) is 0 Å². The van der Waals surface area contributed by atoms with E-state index in [2.05, 4.69) is 5.32 Å². The Labute approximate surface area is 130 Å². The van der Waals surface area contributed by atoms with E-state index in [4.69, 9.17) is 0 Å². The number of hydrogen-bond acceptors (Lipinski definition) is 1. The Balaban J connectivity index is 2.18. The maximum absolute atomic E-state index is 12.5. The molecule has 0 radical (unpaired) electrons. The van der Waals surface area contributed by atoms with Gasteiger partial charge in [-0.05, 0) is 40.1 Å². The largest absolute Gasteiger partial charge is 0.471 e. The number of alkyl halides is 3. The normalized spacial score (nSPS) is 13.2. The summed E-state index contributed by atoms with van der Waals surface area (Å²) in [6.45, 7) is 1.57. The van der Waals surface area contributed by atoms with Gasteiger partial charge in [0.25, 0.3) is 0 Å². The van der Waals surface area contributed by atoms with Crippen molar-refractivity contribution in [2.75, 3.05) is 0 Å². The van der Waals surface area contributed by atoms with Crippen LogP contribution in [0.2, 0.25) is 0 Å². The van der Waals surface area contributed by atoms with Crippen molar-refractivity contribution in [3.05, 3.63) is 60.2 Å². The molecule has 1 N–H and O–H groups in total. The Morgan fingerprint density at radius 2 is 1.43 bits per heavy atom. The second-order valence-corrected chi connectivity index (χ2v) is 5.43. The van der Waals surface area contributed by atoms with Gasteiger partial charge in [0.15, 0.2) is 0 Å². The van der Waals surface area contributed by atoms with Crippen LogP contribution in [0.15, 0.2) is 54.6 Å². The maximum Gasteiger partial charge on any atom is 0.471 e. The standard InChI is InChI=1S/C18H14F3NO/c1-11(22-17(23)18(19,20)21)16-14-8-4-2-6-12(14)10-13-7-3-5-9-15(13)16/h2-11H,1H3,(H,22,23). The second kappa shape index (κ2) is 5.57. The lowest BCUT2D eigenvalue weighted by atomic mass is 9.93. The minimum Gasteiger partial charge on any atom is -0.342 e. The first kappa shape index (κ1) is 15.3. The molecule has 0 saturated heterocycles. The van der Waals surface area contributed by atoms with Gasteiger partial charge in [-0.15, -0.1) is 0 Å². The van der Waals surface area contributed by atoms with Gasteiger partial charge in [0.05, 0.1) is 6.04 Å². The Kier molecular flexibility index (Phi) is 3.72. The second-order valence-electron chi connectivity index (χ2n) is 5.43. The van der Waals surface area contributed by atoms with E-state index in [0.29, 0.717) is 5.56 Å². The van der Waals surface area contributed by atoms with E-state index in [0.717, 1.165) is 21.5 Å². The average Bonchev–Trinajstić information content (AvgIpc) is 2.51. The van der Waals surface area contributed by atoms with Crippen LogP contribution in [0.5, 0.6) is 0 Å². The van der Waals surface area contributed by atoms with Crippen molar-refractivity contribution in [1.29, 1.82) is 0 Å². The molecule has 0 fully saturated rings. The summed E-state index contributed by atoms with van der Waals surface area (Å²) in [6.07, 6.45) is -4.89. The number of fused-ring (bicyclic) bond motifs is 2. The summed E-state index contributed by atoms with van der Waals surface area (Å²) < 4.78 is 37.6. The Bertz CT molecular complexity index is 832. The molecule has 0 spiro atoms. The molecule has 3 aromatic carbocycles. The van der Waals surface area contributed by atoms with Gasteiger partial charge in [-0.2, -0.15) is 13.2 Å². The van der Waals surface area contributed by atoms with E-state index in [9.17, 15) is 18.0 Å². The number of benzene rings is 3. The van der Waals surface area contributed by atoms with E-state index < -0.39 is 18.1 Å². The number of halogens is 3. The first-order valence-corrected chi connectivity index (χ1v) is 7.16. The molecule has 23 heavy (non-hydrogen) atoms. The van der Waals surface area contributed by atoms with Crippen LogP contribution in [0.3, 0.4) is 0 Å². The van der Waals surface area contributed by atoms with Crippen LogP contribution in [-0.2, 0) is 4.79 Å². The third kappa shape index (κ3) is 2.86. The third-order valence-electron chi connectivity index (χ3n) is 3.85. The molecule has 0 bridgehead atoms. The summed E-state index contributed by atoms with van der Waals surface area (Å²) >= 11 is 0. The quantitative estimate of drug-likeness (QED) is 0.680. The molecule has 3 rings (SSSR count). The molecule has 0 aliphatic rings. The zero-order chi connectivity index (χ0) is 16.6. The van der Waals surface area contributed by atoms with E-state index >= 15 is 0 Å². The number of hydrogen-bond donors (Lipinski definition) is 1. The van der Waals surface area contributed by atoms with Crippen LogP contribution in [-0.4, -0.2) is 12.1 Å². The number of carbonyl (C=O) groups is 1. The summed E-state index contributed by atoms with van der Waals surface area (Å²) in [5.41, 5.74) is 0.691. The first-order chi connectivity index (χ1) is 10.9. The molecule has 1 unspecified atom stereocenters. The zero-order valence-electron chi connectivity index (χ0n) is 12.3. The van der Waals surface area contributed by atoms with Crippen molar-refractivity contribution in [3.63, 3.8) is 0 Å². The van der Waals surface area contributed by atoms with Crippen LogP contribution in [0, 0.1) is 0 Å². The molecule has 5 heteroatoms. The van der Waals surface area contributed by atoms with Crippen molar-refractivity contribution in [2.45, 2.75) is 19.1 Å². The summed E-state index contributed by atoms with van der Waals surface area (Å²) in [4.78, 5) is 11.3. The fourth-order valence-electron chi connectivity index (χ4n) is 2.87. The van der Waals surface area contributed by atoms with Gasteiger partial charge < -0.3 is 5.32 Å². The predicted octanol–water partition coefficient (Wildman–Crippen LogP) is 4.73. The van der Waals surface area contributed by atoms with Crippen molar-refractivity contribution >= 4 is 27.5 Å². The highest BCUT2D eigenvalue weighted by Crippen LogP contribution is 2.33. The molecule has 0 heterocycles. The van der Waals surface area contributed by atoms with E-state index in [1.807, 2.05) is 54.6 Å². The van der Waals surface area contributed by atoms with Gasteiger partial charge in [-0.25, -0.2) is 0 Å². The highest BCUT2D eigenvalue weighted by atomic mass is 19.4. The SMILES string of the molecule is CC(NC(=O)C(F)(F)F)c1c2ccccc2cc2ccccc12. The molecule has 0 aliphatic heterocycles.